The van der Waals surface area contributed by atoms with E-state index in [9.17, 15) is 4.79 Å². The number of hydrogen-bond acceptors (Lipinski definition) is 7. The Morgan fingerprint density at radius 3 is 2.57 bits per heavy atom. The molecule has 2 N–H and O–H groups in total. The lowest BCUT2D eigenvalue weighted by Gasteiger charge is -2.27. The molecular formula is C14H26N4O2S. The number of carbonyl (C=O) groups is 1. The molecule has 6 nitrogen and oxygen atoms in total. The van der Waals surface area contributed by atoms with Crippen molar-refractivity contribution in [3.63, 3.8) is 0 Å². The van der Waals surface area contributed by atoms with E-state index in [1.807, 2.05) is 14.1 Å². The van der Waals surface area contributed by atoms with Crippen LogP contribution in [0.5, 0.6) is 0 Å². The van der Waals surface area contributed by atoms with E-state index in [1.54, 1.807) is 6.92 Å². The monoisotopic (exact) mass is 314 g/mol. The lowest BCUT2D eigenvalue weighted by molar-refractivity contribution is 0.0528. The minimum Gasteiger partial charge on any atom is -0.462 e. The van der Waals surface area contributed by atoms with Crippen molar-refractivity contribution in [2.45, 2.75) is 20.8 Å². The summed E-state index contributed by atoms with van der Waals surface area (Å²) in [5.41, 5.74) is 6.26. The maximum absolute atomic E-state index is 12.1. The molecule has 1 heterocycles. The summed E-state index contributed by atoms with van der Waals surface area (Å²) in [4.78, 5) is 16.4. The molecule has 1 aromatic rings. The minimum atomic E-state index is -0.391. The zero-order valence-electron chi connectivity index (χ0n) is 13.5. The second-order valence-electron chi connectivity index (χ2n) is 5.61. The fourth-order valence-electron chi connectivity index (χ4n) is 1.94. The van der Waals surface area contributed by atoms with Gasteiger partial charge in [0.15, 0.2) is 5.82 Å². The third-order valence-electron chi connectivity index (χ3n) is 2.87. The number of carbonyl (C=O) groups excluding carboxylic acids is 1. The smallest absolute Gasteiger partial charge is 0.345 e. The molecule has 0 saturated carbocycles. The van der Waals surface area contributed by atoms with E-state index in [0.29, 0.717) is 18.1 Å². The fraction of sp³-hybridized carbons (Fsp3) is 0.714. The summed E-state index contributed by atoms with van der Waals surface area (Å²) in [6.07, 6.45) is 0. The summed E-state index contributed by atoms with van der Waals surface area (Å²) in [5.74, 6) is 0.343. The molecular weight excluding hydrogens is 288 g/mol. The van der Waals surface area contributed by atoms with Crippen LogP contribution in [-0.4, -0.2) is 55.6 Å². The number of nitrogens with zero attached hydrogens (tertiary/aromatic N) is 3. The van der Waals surface area contributed by atoms with Crippen molar-refractivity contribution in [2.75, 3.05) is 51.0 Å². The van der Waals surface area contributed by atoms with Gasteiger partial charge in [0.25, 0.3) is 0 Å². The van der Waals surface area contributed by atoms with Gasteiger partial charge in [0.05, 0.1) is 6.61 Å². The summed E-state index contributed by atoms with van der Waals surface area (Å²) in [5, 5.41) is 0.807. The Bertz CT molecular complexity index is 460. The molecule has 0 aliphatic heterocycles. The van der Waals surface area contributed by atoms with Crippen LogP contribution in [0, 0.1) is 5.92 Å². The molecule has 0 amide bonds. The van der Waals surface area contributed by atoms with Gasteiger partial charge in [-0.1, -0.05) is 13.8 Å². The van der Waals surface area contributed by atoms with E-state index in [4.69, 9.17) is 10.5 Å². The van der Waals surface area contributed by atoms with Gasteiger partial charge in [0.2, 0.25) is 0 Å². The van der Waals surface area contributed by atoms with Crippen molar-refractivity contribution in [2.24, 2.45) is 5.92 Å². The summed E-state index contributed by atoms with van der Waals surface area (Å²) >= 11 is 1.26. The molecule has 21 heavy (non-hydrogen) atoms. The predicted octanol–water partition coefficient (Wildman–Crippen LogP) is 1.93. The number of esters is 1. The molecule has 0 unspecified atom stereocenters. The van der Waals surface area contributed by atoms with Crippen molar-refractivity contribution in [3.8, 4) is 0 Å². The number of nitrogens with two attached hydrogens (primary N) is 1. The van der Waals surface area contributed by atoms with Crippen molar-refractivity contribution in [1.29, 1.82) is 0 Å². The highest BCUT2D eigenvalue weighted by atomic mass is 32.1. The van der Waals surface area contributed by atoms with Crippen molar-refractivity contribution in [3.05, 3.63) is 5.56 Å². The number of anilines is 2. The molecule has 0 aromatic carbocycles. The molecule has 1 aromatic heterocycles. The van der Waals surface area contributed by atoms with Crippen molar-refractivity contribution < 1.29 is 9.53 Å². The Morgan fingerprint density at radius 2 is 2.05 bits per heavy atom. The summed E-state index contributed by atoms with van der Waals surface area (Å²) in [6.45, 7) is 8.98. The molecule has 0 fully saturated rings. The molecule has 0 spiro atoms. The van der Waals surface area contributed by atoms with E-state index in [1.165, 1.54) is 11.5 Å². The zero-order valence-corrected chi connectivity index (χ0v) is 14.4. The van der Waals surface area contributed by atoms with Crippen LogP contribution < -0.4 is 10.6 Å². The van der Waals surface area contributed by atoms with E-state index in [2.05, 4.69) is 28.0 Å². The average molecular weight is 314 g/mol. The predicted molar refractivity (Wildman–Crippen MR) is 88.1 cm³/mol. The van der Waals surface area contributed by atoms with Crippen LogP contribution in [0.2, 0.25) is 0 Å². The Hall–Kier alpha value is -1.34. The SMILES string of the molecule is CCOC(=O)c1c(N)nsc1N(CCN(C)C)CC(C)C. The van der Waals surface area contributed by atoms with Gasteiger partial charge in [-0.2, -0.15) is 4.37 Å². The second-order valence-corrected chi connectivity index (χ2v) is 6.36. The number of nitrogen functional groups attached to an aromatic ring is 1. The molecule has 0 radical (unpaired) electrons. The van der Waals surface area contributed by atoms with Crippen LogP contribution in [0.1, 0.15) is 31.1 Å². The van der Waals surface area contributed by atoms with Gasteiger partial charge in [0.1, 0.15) is 10.6 Å². The molecule has 0 atom stereocenters. The number of ether oxygens (including phenoxy) is 1. The van der Waals surface area contributed by atoms with Gasteiger partial charge in [-0.05, 0) is 38.5 Å². The van der Waals surface area contributed by atoms with Crippen molar-refractivity contribution in [1.82, 2.24) is 9.27 Å². The van der Waals surface area contributed by atoms with E-state index in [0.717, 1.165) is 24.6 Å². The zero-order chi connectivity index (χ0) is 16.0. The number of aromatic nitrogens is 1. The third kappa shape index (κ3) is 5.17. The molecule has 0 bridgehead atoms. The highest BCUT2D eigenvalue weighted by molar-refractivity contribution is 7.11. The summed E-state index contributed by atoms with van der Waals surface area (Å²) in [6, 6.07) is 0. The van der Waals surface area contributed by atoms with E-state index in [-0.39, 0.29) is 5.82 Å². The van der Waals surface area contributed by atoms with E-state index >= 15 is 0 Å². The Morgan fingerprint density at radius 1 is 1.38 bits per heavy atom. The Labute approximate surface area is 131 Å². The summed E-state index contributed by atoms with van der Waals surface area (Å²) < 4.78 is 9.24. The van der Waals surface area contributed by atoms with Crippen LogP contribution in [0.4, 0.5) is 10.8 Å². The summed E-state index contributed by atoms with van der Waals surface area (Å²) in [7, 11) is 4.06. The van der Waals surface area contributed by atoms with Gasteiger partial charge in [-0.3, -0.25) is 0 Å². The number of hydrogen-bond donors (Lipinski definition) is 1. The first-order valence-electron chi connectivity index (χ1n) is 7.18. The maximum atomic E-state index is 12.1. The first-order valence-corrected chi connectivity index (χ1v) is 7.96. The molecule has 1 rings (SSSR count). The van der Waals surface area contributed by atoms with Gasteiger partial charge < -0.3 is 20.3 Å². The largest absolute Gasteiger partial charge is 0.462 e. The van der Waals surface area contributed by atoms with Crippen LogP contribution in [0.15, 0.2) is 0 Å². The van der Waals surface area contributed by atoms with E-state index < -0.39 is 5.97 Å². The van der Waals surface area contributed by atoms with Gasteiger partial charge >= 0.3 is 5.97 Å². The van der Waals surface area contributed by atoms with Crippen LogP contribution in [0.3, 0.4) is 0 Å². The quantitative estimate of drug-likeness (QED) is 0.739. The molecule has 0 saturated heterocycles. The van der Waals surface area contributed by atoms with Crippen LogP contribution in [0.25, 0.3) is 0 Å². The highest BCUT2D eigenvalue weighted by Gasteiger charge is 2.25. The van der Waals surface area contributed by atoms with Crippen LogP contribution in [-0.2, 0) is 4.74 Å². The Kier molecular flexibility index (Phi) is 6.91. The fourth-order valence-corrected chi connectivity index (χ4v) is 2.78. The number of likely N-dealkylation sites (N-methyl/N-ethyl adjacent to an activating group) is 1. The third-order valence-corrected chi connectivity index (χ3v) is 3.79. The minimum absolute atomic E-state index is 0.257. The normalized spacial score (nSPS) is 11.2. The van der Waals surface area contributed by atoms with Gasteiger partial charge in [-0.15, -0.1) is 0 Å². The highest BCUT2D eigenvalue weighted by Crippen LogP contribution is 2.31. The second kappa shape index (κ2) is 8.19. The van der Waals surface area contributed by atoms with Crippen LogP contribution >= 0.6 is 11.5 Å². The average Bonchev–Trinajstić information content (AvgIpc) is 2.76. The van der Waals surface area contributed by atoms with Crippen molar-refractivity contribution >= 4 is 28.3 Å². The first kappa shape index (κ1) is 17.7. The number of rotatable bonds is 8. The first-order chi connectivity index (χ1) is 9.86. The molecule has 120 valence electrons. The maximum Gasteiger partial charge on any atom is 0.345 e. The van der Waals surface area contributed by atoms with Gasteiger partial charge in [-0.25, -0.2) is 4.79 Å². The topological polar surface area (TPSA) is 71.7 Å². The Balaban J connectivity index is 3.03. The molecule has 7 heteroatoms. The molecule has 0 aliphatic rings. The standard InChI is InChI=1S/C14H26N4O2S/c1-6-20-14(19)11-12(15)16-21-13(11)18(9-10(2)3)8-7-17(4)5/h10H,6-9H2,1-5H3,(H2,15,16). The van der Waals surface area contributed by atoms with Gasteiger partial charge in [0, 0.05) is 19.6 Å². The lowest BCUT2D eigenvalue weighted by atomic mass is 10.2. The molecule has 0 aliphatic carbocycles. The lowest BCUT2D eigenvalue weighted by Crippen LogP contribution is -2.34.